The van der Waals surface area contributed by atoms with E-state index in [0.717, 1.165) is 0 Å². The summed E-state index contributed by atoms with van der Waals surface area (Å²) in [5.74, 6) is 0.518. The number of fused-ring (bicyclic) bond motifs is 1. The molecule has 2 atom stereocenters. The van der Waals surface area contributed by atoms with Gasteiger partial charge in [0.15, 0.2) is 21.8 Å². The Morgan fingerprint density at radius 2 is 2.03 bits per heavy atom. The summed E-state index contributed by atoms with van der Waals surface area (Å²) in [4.78, 5) is 13.5. The van der Waals surface area contributed by atoms with Crippen LogP contribution in [0.25, 0.3) is 10.3 Å². The van der Waals surface area contributed by atoms with Gasteiger partial charge in [0.25, 0.3) is 0 Å². The van der Waals surface area contributed by atoms with Crippen molar-refractivity contribution >= 4 is 67.0 Å². The van der Waals surface area contributed by atoms with Gasteiger partial charge in [0.2, 0.25) is 0 Å². The van der Waals surface area contributed by atoms with Crippen LogP contribution in [-0.4, -0.2) is 38.4 Å². The lowest BCUT2D eigenvalue weighted by molar-refractivity contribution is 0.165. The first kappa shape index (κ1) is 22.4. The minimum absolute atomic E-state index is 0.128. The molecule has 29 heavy (non-hydrogen) atoms. The van der Waals surface area contributed by atoms with Gasteiger partial charge in [-0.3, -0.25) is 0 Å². The predicted octanol–water partition coefficient (Wildman–Crippen LogP) is 5.04. The first-order valence-corrected chi connectivity index (χ1v) is 11.8. The Hall–Kier alpha value is -1.24. The van der Waals surface area contributed by atoms with E-state index in [4.69, 9.17) is 5.73 Å². The third-order valence-corrected chi connectivity index (χ3v) is 7.03. The number of aromatic nitrogens is 3. The highest BCUT2D eigenvalue weighted by molar-refractivity contribution is 14.1. The molecule has 1 aromatic carbocycles. The Balaban J connectivity index is 1.92. The van der Waals surface area contributed by atoms with Crippen LogP contribution in [0.1, 0.15) is 38.0 Å². The Morgan fingerprint density at radius 3 is 2.69 bits per heavy atom. The first-order chi connectivity index (χ1) is 13.7. The molecule has 0 aliphatic rings. The number of halogens is 2. The molecule has 0 amide bonds. The molecule has 3 aromatic rings. The van der Waals surface area contributed by atoms with E-state index < -0.39 is 11.7 Å². The van der Waals surface area contributed by atoms with Crippen molar-refractivity contribution in [2.75, 3.05) is 17.7 Å². The van der Waals surface area contributed by atoms with Crippen LogP contribution in [0.5, 0.6) is 0 Å². The van der Waals surface area contributed by atoms with E-state index >= 15 is 0 Å². The van der Waals surface area contributed by atoms with E-state index in [2.05, 4.69) is 61.9 Å². The lowest BCUT2D eigenvalue weighted by Gasteiger charge is -2.23. The van der Waals surface area contributed by atoms with Crippen LogP contribution >= 0.6 is 45.7 Å². The quantitative estimate of drug-likeness (QED) is 0.207. The van der Waals surface area contributed by atoms with E-state index in [1.54, 1.807) is 0 Å². The number of aliphatic hydroxyl groups excluding tert-OH is 1. The number of aliphatic hydroxyl groups is 1. The van der Waals surface area contributed by atoms with E-state index in [-0.39, 0.29) is 18.3 Å². The topological polar surface area (TPSA) is 97.0 Å². The minimum Gasteiger partial charge on any atom is -0.394 e. The second-order valence-electron chi connectivity index (χ2n) is 7.29. The van der Waals surface area contributed by atoms with Crippen molar-refractivity contribution in [3.05, 3.63) is 33.4 Å². The van der Waals surface area contributed by atoms with Crippen molar-refractivity contribution in [2.24, 2.45) is 0 Å². The monoisotopic (exact) mass is 547 g/mol. The molecule has 0 radical (unpaired) electrons. The minimum atomic E-state index is -1.42. The normalized spacial score (nSPS) is 14.1. The summed E-state index contributed by atoms with van der Waals surface area (Å²) in [7, 11) is 0. The molecule has 2 heterocycles. The summed E-state index contributed by atoms with van der Waals surface area (Å²) in [6.07, 6.45) is 0.143. The summed E-state index contributed by atoms with van der Waals surface area (Å²) in [5.41, 5.74) is 6.15. The molecule has 0 unspecified atom stereocenters. The zero-order valence-electron chi connectivity index (χ0n) is 16.3. The molecule has 2 aromatic heterocycles. The molecule has 0 bridgehead atoms. The largest absolute Gasteiger partial charge is 0.394 e. The Bertz CT molecular complexity index is 994. The number of alkyl halides is 1. The van der Waals surface area contributed by atoms with Crippen molar-refractivity contribution in [1.82, 2.24) is 15.0 Å². The van der Waals surface area contributed by atoms with Crippen molar-refractivity contribution in [3.8, 4) is 0 Å². The number of hydrogen-bond acceptors (Lipinski definition) is 8. The second kappa shape index (κ2) is 9.27. The summed E-state index contributed by atoms with van der Waals surface area (Å²) >= 11 is 5.10. The van der Waals surface area contributed by atoms with Crippen molar-refractivity contribution in [2.45, 2.75) is 49.3 Å². The number of nitrogens with two attached hydrogens (primary N) is 1. The molecular formula is C19H23FIN5OS2. The number of thiazole rings is 1. The smallest absolute Gasteiger partial charge is 0.192 e. The van der Waals surface area contributed by atoms with E-state index in [1.165, 1.54) is 46.1 Å². The summed E-state index contributed by atoms with van der Waals surface area (Å²) in [6.45, 7) is 4.86. The number of nitrogens with one attached hydrogen (secondary N) is 1. The van der Waals surface area contributed by atoms with Crippen LogP contribution in [-0.2, 0) is 0 Å². The van der Waals surface area contributed by atoms with Crippen LogP contribution in [0.4, 0.5) is 15.3 Å². The molecule has 0 saturated heterocycles. The number of nitrogens with zero attached hydrogens (tertiary/aromatic N) is 3. The lowest BCUT2D eigenvalue weighted by atomic mass is 10.0. The van der Waals surface area contributed by atoms with Gasteiger partial charge in [-0.15, -0.1) is 0 Å². The van der Waals surface area contributed by atoms with E-state index in [9.17, 15) is 9.50 Å². The fourth-order valence-electron chi connectivity index (χ4n) is 2.94. The SMILES string of the molecule is C[C@H](Sc1nc(N[C@@H](CO)CC(C)(C)F)c2sc(N)nc2n1)c1ccccc1I. The van der Waals surface area contributed by atoms with Gasteiger partial charge in [-0.2, -0.15) is 0 Å². The number of rotatable bonds is 8. The molecule has 0 spiro atoms. The average molecular weight is 547 g/mol. The van der Waals surface area contributed by atoms with Crippen LogP contribution < -0.4 is 11.1 Å². The fourth-order valence-corrected chi connectivity index (χ4v) is 5.66. The van der Waals surface area contributed by atoms with Gasteiger partial charge in [-0.25, -0.2) is 19.3 Å². The molecule has 10 heteroatoms. The fraction of sp³-hybridized carbons (Fsp3) is 0.421. The maximum absolute atomic E-state index is 14.1. The highest BCUT2D eigenvalue weighted by atomic mass is 127. The number of thioether (sulfide) groups is 1. The molecule has 0 fully saturated rings. The predicted molar refractivity (Wildman–Crippen MR) is 127 cm³/mol. The molecule has 0 saturated carbocycles. The standard InChI is InChI=1S/C19H23FIN5OS2/c1-10(12-6-4-5-7-13(12)21)28-18-25-15(14-16(26-18)24-17(22)29-14)23-11(9-27)8-19(2,3)20/h4-7,10-11,27H,8-9H2,1-3H3,(H3,22,23,24,25,26)/t10-,11+/m0/s1. The van der Waals surface area contributed by atoms with Crippen LogP contribution in [0.2, 0.25) is 0 Å². The zero-order chi connectivity index (χ0) is 21.2. The van der Waals surface area contributed by atoms with Gasteiger partial charge in [0, 0.05) is 15.2 Å². The first-order valence-electron chi connectivity index (χ1n) is 9.07. The maximum atomic E-state index is 14.1. The molecular weight excluding hydrogens is 524 g/mol. The summed E-state index contributed by atoms with van der Waals surface area (Å²) < 4.78 is 16.0. The van der Waals surface area contributed by atoms with Crippen molar-refractivity contribution in [1.29, 1.82) is 0 Å². The Labute approximate surface area is 191 Å². The van der Waals surface area contributed by atoms with Crippen LogP contribution in [0, 0.1) is 3.57 Å². The zero-order valence-corrected chi connectivity index (χ0v) is 20.1. The molecule has 4 N–H and O–H groups in total. The number of hydrogen-bond donors (Lipinski definition) is 3. The summed E-state index contributed by atoms with van der Waals surface area (Å²) in [5, 5.41) is 13.9. The second-order valence-corrected chi connectivity index (χ2v) is 10.8. The van der Waals surface area contributed by atoms with Gasteiger partial charge in [0.05, 0.1) is 12.6 Å². The molecule has 3 rings (SSSR count). The van der Waals surface area contributed by atoms with Crippen molar-refractivity contribution in [3.63, 3.8) is 0 Å². The van der Waals surface area contributed by atoms with Gasteiger partial charge in [0.1, 0.15) is 10.4 Å². The van der Waals surface area contributed by atoms with E-state index in [1.807, 2.05) is 12.1 Å². The van der Waals surface area contributed by atoms with Gasteiger partial charge < -0.3 is 16.2 Å². The molecule has 156 valence electrons. The highest BCUT2D eigenvalue weighted by Crippen LogP contribution is 2.38. The third kappa shape index (κ3) is 5.89. The molecule has 6 nitrogen and oxygen atoms in total. The molecule has 0 aliphatic heterocycles. The van der Waals surface area contributed by atoms with Gasteiger partial charge in [-0.1, -0.05) is 41.3 Å². The lowest BCUT2D eigenvalue weighted by Crippen LogP contribution is -2.31. The number of benzene rings is 1. The van der Waals surface area contributed by atoms with Gasteiger partial charge in [-0.05, 0) is 55.0 Å². The molecule has 0 aliphatic carbocycles. The third-order valence-electron chi connectivity index (χ3n) is 4.17. The Morgan fingerprint density at radius 1 is 1.31 bits per heavy atom. The van der Waals surface area contributed by atoms with Crippen LogP contribution in [0.15, 0.2) is 29.4 Å². The summed E-state index contributed by atoms with van der Waals surface area (Å²) in [6, 6.07) is 7.68. The number of nitrogen functional groups attached to an aromatic ring is 1. The average Bonchev–Trinajstić information content (AvgIpc) is 3.00. The Kier molecular flexibility index (Phi) is 7.18. The van der Waals surface area contributed by atoms with Gasteiger partial charge >= 0.3 is 0 Å². The van der Waals surface area contributed by atoms with Crippen LogP contribution in [0.3, 0.4) is 0 Å². The number of anilines is 2. The van der Waals surface area contributed by atoms with E-state index in [0.29, 0.717) is 26.5 Å². The highest BCUT2D eigenvalue weighted by Gasteiger charge is 2.24. The van der Waals surface area contributed by atoms with Crippen molar-refractivity contribution < 1.29 is 9.50 Å². The maximum Gasteiger partial charge on any atom is 0.192 e.